The first-order valence-corrected chi connectivity index (χ1v) is 7.83. The Morgan fingerprint density at radius 1 is 1.48 bits per heavy atom. The summed E-state index contributed by atoms with van der Waals surface area (Å²) in [6.45, 7) is 2.25. The first kappa shape index (κ1) is 14.3. The standard InChI is InChI=1S/C15H19ClN4O/c1-11-2-4-15(10-16,5-3-11)19-14(21)12-8-18-20-7-6-17-9-13(12)20/h6-9,11H,2-5,10H2,1H3,(H,19,21). The summed E-state index contributed by atoms with van der Waals surface area (Å²) in [7, 11) is 0. The van der Waals surface area contributed by atoms with E-state index in [4.69, 9.17) is 11.6 Å². The molecule has 0 aromatic carbocycles. The first-order chi connectivity index (χ1) is 10.1. The van der Waals surface area contributed by atoms with Gasteiger partial charge in [-0.2, -0.15) is 5.10 Å². The van der Waals surface area contributed by atoms with Crippen LogP contribution in [0.25, 0.3) is 5.52 Å². The fourth-order valence-electron chi connectivity index (χ4n) is 2.92. The lowest BCUT2D eigenvalue weighted by atomic mass is 9.78. The Bertz CT molecular complexity index is 646. The molecule has 1 aliphatic rings. The summed E-state index contributed by atoms with van der Waals surface area (Å²) in [6.07, 6.45) is 10.7. The Labute approximate surface area is 128 Å². The maximum absolute atomic E-state index is 12.6. The van der Waals surface area contributed by atoms with Crippen molar-refractivity contribution in [2.24, 2.45) is 5.92 Å². The molecule has 1 N–H and O–H groups in total. The molecular formula is C15H19ClN4O. The van der Waals surface area contributed by atoms with Gasteiger partial charge in [-0.05, 0) is 31.6 Å². The summed E-state index contributed by atoms with van der Waals surface area (Å²) < 4.78 is 1.65. The molecule has 0 bridgehead atoms. The number of rotatable bonds is 3. The van der Waals surface area contributed by atoms with Gasteiger partial charge in [0, 0.05) is 18.3 Å². The van der Waals surface area contributed by atoms with Crippen LogP contribution in [0.5, 0.6) is 0 Å². The van der Waals surface area contributed by atoms with Gasteiger partial charge in [-0.1, -0.05) is 6.92 Å². The molecule has 2 aromatic rings. The molecule has 0 aliphatic heterocycles. The number of amides is 1. The summed E-state index contributed by atoms with van der Waals surface area (Å²) in [5.74, 6) is 1.04. The van der Waals surface area contributed by atoms with Gasteiger partial charge in [0.2, 0.25) is 0 Å². The van der Waals surface area contributed by atoms with Crippen LogP contribution in [0.3, 0.4) is 0 Å². The highest BCUT2D eigenvalue weighted by Gasteiger charge is 2.35. The van der Waals surface area contributed by atoms with Crippen LogP contribution in [-0.4, -0.2) is 31.9 Å². The monoisotopic (exact) mass is 306 g/mol. The molecule has 5 nitrogen and oxygen atoms in total. The summed E-state index contributed by atoms with van der Waals surface area (Å²) in [5, 5.41) is 7.32. The first-order valence-electron chi connectivity index (χ1n) is 7.29. The SMILES string of the molecule is CC1CCC(CCl)(NC(=O)c2cnn3ccncc23)CC1. The molecule has 6 heteroatoms. The van der Waals surface area contributed by atoms with Crippen molar-refractivity contribution >= 4 is 23.0 Å². The number of nitrogens with zero attached hydrogens (tertiary/aromatic N) is 3. The fraction of sp³-hybridized carbons (Fsp3) is 0.533. The van der Waals surface area contributed by atoms with Crippen molar-refractivity contribution in [2.45, 2.75) is 38.1 Å². The molecule has 21 heavy (non-hydrogen) atoms. The summed E-state index contributed by atoms with van der Waals surface area (Å²) in [5.41, 5.74) is 0.969. The number of nitrogens with one attached hydrogen (secondary N) is 1. The Balaban J connectivity index is 1.82. The topological polar surface area (TPSA) is 59.3 Å². The van der Waals surface area contributed by atoms with E-state index >= 15 is 0 Å². The third kappa shape index (κ3) is 2.75. The zero-order valence-corrected chi connectivity index (χ0v) is 12.8. The van der Waals surface area contributed by atoms with E-state index in [-0.39, 0.29) is 11.4 Å². The second kappa shape index (κ2) is 5.64. The van der Waals surface area contributed by atoms with Crippen LogP contribution in [-0.2, 0) is 0 Å². The average Bonchev–Trinajstić information content (AvgIpc) is 2.94. The van der Waals surface area contributed by atoms with Gasteiger partial charge in [0.05, 0.1) is 29.0 Å². The van der Waals surface area contributed by atoms with Crippen molar-refractivity contribution in [2.75, 3.05) is 5.88 Å². The number of carbonyl (C=O) groups excluding carboxylic acids is 1. The van der Waals surface area contributed by atoms with Crippen LogP contribution >= 0.6 is 11.6 Å². The van der Waals surface area contributed by atoms with Gasteiger partial charge in [0.25, 0.3) is 5.91 Å². The summed E-state index contributed by atoms with van der Waals surface area (Å²) in [4.78, 5) is 16.6. The molecule has 112 valence electrons. The Morgan fingerprint density at radius 2 is 2.24 bits per heavy atom. The van der Waals surface area contributed by atoms with Crippen molar-refractivity contribution in [3.63, 3.8) is 0 Å². The average molecular weight is 307 g/mol. The zero-order chi connectivity index (χ0) is 14.9. The van der Waals surface area contributed by atoms with Gasteiger partial charge in [0.1, 0.15) is 0 Å². The van der Waals surface area contributed by atoms with E-state index < -0.39 is 0 Å². The van der Waals surface area contributed by atoms with Crippen LogP contribution < -0.4 is 5.32 Å². The summed E-state index contributed by atoms with van der Waals surface area (Å²) in [6, 6.07) is 0. The van der Waals surface area contributed by atoms with Gasteiger partial charge in [0.15, 0.2) is 0 Å². The smallest absolute Gasteiger partial charge is 0.255 e. The molecule has 3 rings (SSSR count). The minimum Gasteiger partial charge on any atom is -0.345 e. The van der Waals surface area contributed by atoms with Gasteiger partial charge in [-0.15, -0.1) is 11.6 Å². The maximum atomic E-state index is 12.6. The minimum absolute atomic E-state index is 0.117. The van der Waals surface area contributed by atoms with Crippen LogP contribution in [0.15, 0.2) is 24.8 Å². The van der Waals surface area contributed by atoms with Gasteiger partial charge in [-0.25, -0.2) is 4.52 Å². The number of carbonyl (C=O) groups is 1. The predicted octanol–water partition coefficient (Wildman–Crippen LogP) is 2.65. The van der Waals surface area contributed by atoms with Crippen LogP contribution in [0.2, 0.25) is 0 Å². The van der Waals surface area contributed by atoms with Crippen LogP contribution in [0, 0.1) is 5.92 Å². The predicted molar refractivity (Wildman–Crippen MR) is 81.5 cm³/mol. The maximum Gasteiger partial charge on any atom is 0.255 e. The lowest BCUT2D eigenvalue weighted by Crippen LogP contribution is -2.52. The number of aromatic nitrogens is 3. The Morgan fingerprint density at radius 3 is 2.95 bits per heavy atom. The highest BCUT2D eigenvalue weighted by Crippen LogP contribution is 2.33. The van der Waals surface area contributed by atoms with Crippen LogP contribution in [0.1, 0.15) is 43.0 Å². The van der Waals surface area contributed by atoms with E-state index in [9.17, 15) is 4.79 Å². The lowest BCUT2D eigenvalue weighted by Gasteiger charge is -2.38. The minimum atomic E-state index is -0.290. The largest absolute Gasteiger partial charge is 0.345 e. The second-order valence-electron chi connectivity index (χ2n) is 6.01. The molecule has 0 unspecified atom stereocenters. The molecule has 0 radical (unpaired) electrons. The van der Waals surface area contributed by atoms with E-state index in [2.05, 4.69) is 22.3 Å². The molecule has 2 heterocycles. The van der Waals surface area contributed by atoms with Crippen molar-refractivity contribution in [3.05, 3.63) is 30.4 Å². The van der Waals surface area contributed by atoms with Gasteiger partial charge >= 0.3 is 0 Å². The molecule has 2 aromatic heterocycles. The second-order valence-corrected chi connectivity index (χ2v) is 6.28. The zero-order valence-electron chi connectivity index (χ0n) is 12.1. The number of halogens is 1. The number of hydrogen-bond donors (Lipinski definition) is 1. The van der Waals surface area contributed by atoms with Crippen LogP contribution in [0.4, 0.5) is 0 Å². The van der Waals surface area contributed by atoms with Crippen molar-refractivity contribution in [1.82, 2.24) is 19.9 Å². The van der Waals surface area contributed by atoms with Crippen molar-refractivity contribution in [1.29, 1.82) is 0 Å². The fourth-order valence-corrected chi connectivity index (χ4v) is 3.26. The number of alkyl halides is 1. The lowest BCUT2D eigenvalue weighted by molar-refractivity contribution is 0.0874. The molecule has 1 amide bonds. The number of fused-ring (bicyclic) bond motifs is 1. The van der Waals surface area contributed by atoms with E-state index in [0.29, 0.717) is 22.9 Å². The molecule has 0 saturated heterocycles. The Hall–Kier alpha value is -1.62. The van der Waals surface area contributed by atoms with Crippen molar-refractivity contribution in [3.8, 4) is 0 Å². The molecule has 1 saturated carbocycles. The van der Waals surface area contributed by atoms with Crippen molar-refractivity contribution < 1.29 is 4.79 Å². The van der Waals surface area contributed by atoms with E-state index in [0.717, 1.165) is 25.7 Å². The third-order valence-electron chi connectivity index (χ3n) is 4.44. The molecule has 0 atom stereocenters. The number of hydrogen-bond acceptors (Lipinski definition) is 3. The van der Waals surface area contributed by atoms with E-state index in [1.165, 1.54) is 0 Å². The molecule has 0 spiro atoms. The van der Waals surface area contributed by atoms with Gasteiger partial charge in [-0.3, -0.25) is 9.78 Å². The highest BCUT2D eigenvalue weighted by atomic mass is 35.5. The molecule has 1 aliphatic carbocycles. The highest BCUT2D eigenvalue weighted by molar-refractivity contribution is 6.19. The van der Waals surface area contributed by atoms with E-state index in [1.807, 2.05) is 0 Å². The molecular weight excluding hydrogens is 288 g/mol. The quantitative estimate of drug-likeness (QED) is 0.887. The summed E-state index contributed by atoms with van der Waals surface area (Å²) >= 11 is 6.16. The van der Waals surface area contributed by atoms with E-state index in [1.54, 1.807) is 29.3 Å². The third-order valence-corrected chi connectivity index (χ3v) is 4.95. The Kier molecular flexibility index (Phi) is 3.85. The molecule has 1 fully saturated rings. The normalized spacial score (nSPS) is 25.9. The van der Waals surface area contributed by atoms with Gasteiger partial charge < -0.3 is 5.32 Å².